The number of hydrogen-bond donors (Lipinski definition) is 3. The summed E-state index contributed by atoms with van der Waals surface area (Å²) in [7, 11) is 3.22. The highest BCUT2D eigenvalue weighted by Crippen LogP contribution is 2.46. The summed E-state index contributed by atoms with van der Waals surface area (Å²) in [5.74, 6) is -0.215. The van der Waals surface area contributed by atoms with E-state index in [1.165, 1.54) is 16.7 Å². The van der Waals surface area contributed by atoms with E-state index in [4.69, 9.17) is 14.5 Å². The van der Waals surface area contributed by atoms with Crippen LogP contribution < -0.4 is 21.5 Å². The third kappa shape index (κ3) is 6.48. The van der Waals surface area contributed by atoms with E-state index < -0.39 is 5.92 Å². The summed E-state index contributed by atoms with van der Waals surface area (Å²) < 4.78 is 12.6. The van der Waals surface area contributed by atoms with Crippen LogP contribution >= 0.6 is 0 Å². The maximum absolute atomic E-state index is 14.0. The van der Waals surface area contributed by atoms with Gasteiger partial charge in [0, 0.05) is 29.5 Å². The Hall–Kier alpha value is -3.93. The molecule has 11 heteroatoms. The number of amides is 2. The zero-order valence-corrected chi connectivity index (χ0v) is 28.5. The topological polar surface area (TPSA) is 141 Å². The largest absolute Gasteiger partial charge is 0.380 e. The summed E-state index contributed by atoms with van der Waals surface area (Å²) in [4.78, 5) is 56.3. The fraction of sp³-hybridized carbons (Fsp3) is 0.528. The van der Waals surface area contributed by atoms with Crippen molar-refractivity contribution in [1.29, 1.82) is 0 Å². The number of aldehydes is 1. The van der Waals surface area contributed by atoms with Crippen molar-refractivity contribution in [3.8, 4) is 11.4 Å². The first-order valence-corrected chi connectivity index (χ1v) is 16.5. The van der Waals surface area contributed by atoms with Crippen LogP contribution in [-0.2, 0) is 43.4 Å². The van der Waals surface area contributed by atoms with E-state index in [1.807, 2.05) is 13.0 Å². The molecule has 2 amide bonds. The van der Waals surface area contributed by atoms with Crippen LogP contribution in [0.25, 0.3) is 22.3 Å². The molecule has 2 aliphatic rings. The zero-order valence-electron chi connectivity index (χ0n) is 28.5. The molecular weight excluding hydrogens is 598 g/mol. The second-order valence-electron chi connectivity index (χ2n) is 13.1. The van der Waals surface area contributed by atoms with Crippen LogP contribution in [0.1, 0.15) is 97.4 Å². The molecule has 3 heterocycles. The summed E-state index contributed by atoms with van der Waals surface area (Å²) in [5, 5.41) is 9.60. The van der Waals surface area contributed by atoms with Gasteiger partial charge in [0.1, 0.15) is 19.6 Å². The molecule has 0 bridgehead atoms. The Balaban J connectivity index is 1.64. The minimum atomic E-state index is -0.440. The molecule has 3 unspecified atom stereocenters. The van der Waals surface area contributed by atoms with Gasteiger partial charge in [-0.2, -0.15) is 0 Å². The van der Waals surface area contributed by atoms with Crippen molar-refractivity contribution in [2.75, 3.05) is 34.0 Å². The summed E-state index contributed by atoms with van der Waals surface area (Å²) in [6, 6.07) is 3.80. The van der Waals surface area contributed by atoms with Gasteiger partial charge >= 0.3 is 0 Å². The molecule has 3 aromatic rings. The fourth-order valence-corrected chi connectivity index (χ4v) is 7.14. The van der Waals surface area contributed by atoms with Gasteiger partial charge in [-0.05, 0) is 85.0 Å². The van der Waals surface area contributed by atoms with E-state index in [2.05, 4.69) is 49.7 Å². The third-order valence-corrected chi connectivity index (χ3v) is 9.93. The van der Waals surface area contributed by atoms with Crippen molar-refractivity contribution < 1.29 is 23.9 Å². The predicted molar refractivity (Wildman–Crippen MR) is 180 cm³/mol. The van der Waals surface area contributed by atoms with Crippen LogP contribution in [0.2, 0.25) is 0 Å². The number of methoxy groups -OCH3 is 1. The molecule has 0 spiro atoms. The Morgan fingerprint density at radius 2 is 1.91 bits per heavy atom. The molecule has 3 N–H and O–H groups in total. The van der Waals surface area contributed by atoms with Crippen LogP contribution in [0.15, 0.2) is 16.9 Å². The van der Waals surface area contributed by atoms with Gasteiger partial charge < -0.3 is 34.8 Å². The lowest BCUT2D eigenvalue weighted by Crippen LogP contribution is -2.37. The maximum Gasteiger partial charge on any atom is 0.257 e. The molecule has 0 radical (unpaired) electrons. The number of carbonyl (C=O) groups is 3. The van der Waals surface area contributed by atoms with Gasteiger partial charge in [0.05, 0.1) is 42.6 Å². The second kappa shape index (κ2) is 14.5. The first-order valence-electron chi connectivity index (χ1n) is 16.5. The molecule has 1 aromatic carbocycles. The van der Waals surface area contributed by atoms with E-state index in [0.29, 0.717) is 53.7 Å². The van der Waals surface area contributed by atoms with Gasteiger partial charge in [0.15, 0.2) is 0 Å². The van der Waals surface area contributed by atoms with E-state index >= 15 is 0 Å². The molecule has 0 fully saturated rings. The number of fused-ring (bicyclic) bond motifs is 4. The first-order chi connectivity index (χ1) is 22.6. The summed E-state index contributed by atoms with van der Waals surface area (Å²) >= 11 is 0. The van der Waals surface area contributed by atoms with Gasteiger partial charge in [-0.3, -0.25) is 14.4 Å². The summed E-state index contributed by atoms with van der Waals surface area (Å²) in [6.07, 6.45) is 2.90. The number of carbonyl (C=O) groups excluding carboxylic acids is 3. The minimum Gasteiger partial charge on any atom is -0.380 e. The number of pyridine rings is 2. The number of nitrogens with zero attached hydrogens (tertiary/aromatic N) is 2. The number of aromatic nitrogens is 2. The average Bonchev–Trinajstić information content (AvgIpc) is 3.41. The van der Waals surface area contributed by atoms with Crippen LogP contribution in [-0.4, -0.2) is 61.7 Å². The van der Waals surface area contributed by atoms with Crippen LogP contribution in [0.5, 0.6) is 0 Å². The molecule has 252 valence electrons. The Bertz CT molecular complexity index is 1760. The number of hydrogen-bond acceptors (Lipinski definition) is 8. The molecule has 3 atom stereocenters. The van der Waals surface area contributed by atoms with Crippen molar-refractivity contribution in [2.45, 2.75) is 84.9 Å². The molecule has 1 aliphatic heterocycles. The van der Waals surface area contributed by atoms with E-state index in [0.717, 1.165) is 34.7 Å². The standard InChI is InChI=1S/C36H47N5O6/c1-8-22(15-42)25-12-30-35-26(14-41(30)36(45)27(25)16-46-7)34-28(39-32(44)17-47-18-38-31(43)13-37-6)10-9-23-21(5)24(20(4)19(2)3)11-29(40-35)33(23)34/h11-12,15,19-20,22,28,37H,8-10,13-14,16-18H2,1-7H3,(H,38,43)(H,39,44). The number of ether oxygens (including phenoxy) is 2. The molecule has 11 nitrogen and oxygen atoms in total. The van der Waals surface area contributed by atoms with Gasteiger partial charge in [0.2, 0.25) is 11.8 Å². The third-order valence-electron chi connectivity index (χ3n) is 9.93. The lowest BCUT2D eigenvalue weighted by atomic mass is 9.77. The van der Waals surface area contributed by atoms with Crippen LogP contribution in [0.4, 0.5) is 0 Å². The average molecular weight is 646 g/mol. The molecule has 0 saturated heterocycles. The van der Waals surface area contributed by atoms with Gasteiger partial charge in [-0.1, -0.05) is 27.7 Å². The predicted octanol–water partition coefficient (Wildman–Crippen LogP) is 3.75. The van der Waals surface area contributed by atoms with Crippen LogP contribution in [0.3, 0.4) is 0 Å². The maximum atomic E-state index is 14.0. The SMILES string of the molecule is CCC(C=O)c1cc2n(c(=O)c1COC)Cc1c-2nc2cc(C(C)C(C)C)c(C)c3c2c1C(NC(=O)COCNC(=O)CNC)CC3. The smallest absolute Gasteiger partial charge is 0.257 e. The minimum absolute atomic E-state index is 0.0732. The number of likely N-dealkylation sites (N-methyl/N-ethyl adjacent to an activating group) is 1. The number of benzene rings is 1. The second-order valence-corrected chi connectivity index (χ2v) is 13.1. The first kappa shape index (κ1) is 34.4. The lowest BCUT2D eigenvalue weighted by Gasteiger charge is -2.31. The van der Waals surface area contributed by atoms with E-state index in [9.17, 15) is 19.2 Å². The Morgan fingerprint density at radius 1 is 1.15 bits per heavy atom. The Kier molecular flexibility index (Phi) is 10.6. The number of nitrogens with one attached hydrogen (secondary N) is 3. The number of rotatable bonds is 14. The molecule has 2 aromatic heterocycles. The van der Waals surface area contributed by atoms with E-state index in [-0.39, 0.29) is 49.9 Å². The Morgan fingerprint density at radius 3 is 2.57 bits per heavy atom. The number of aryl methyl sites for hydroxylation is 1. The molecule has 1 aliphatic carbocycles. The lowest BCUT2D eigenvalue weighted by molar-refractivity contribution is -0.129. The van der Waals surface area contributed by atoms with E-state index in [1.54, 1.807) is 18.7 Å². The van der Waals surface area contributed by atoms with Crippen molar-refractivity contribution in [3.05, 3.63) is 61.4 Å². The Labute approximate surface area is 275 Å². The quantitative estimate of drug-likeness (QED) is 0.107. The van der Waals surface area contributed by atoms with Crippen molar-refractivity contribution in [3.63, 3.8) is 0 Å². The molecule has 47 heavy (non-hydrogen) atoms. The normalized spacial score (nSPS) is 16.1. The summed E-state index contributed by atoms with van der Waals surface area (Å²) in [6.45, 7) is 11.1. The zero-order chi connectivity index (χ0) is 34.0. The molecular formula is C36H47N5O6. The molecule has 0 saturated carbocycles. The highest BCUT2D eigenvalue weighted by molar-refractivity contribution is 5.94. The molecule has 5 rings (SSSR count). The van der Waals surface area contributed by atoms with Crippen molar-refractivity contribution >= 4 is 29.0 Å². The van der Waals surface area contributed by atoms with Gasteiger partial charge in [0.25, 0.3) is 5.56 Å². The van der Waals surface area contributed by atoms with Gasteiger partial charge in [-0.15, -0.1) is 0 Å². The van der Waals surface area contributed by atoms with Crippen molar-refractivity contribution in [2.24, 2.45) is 5.92 Å². The van der Waals surface area contributed by atoms with Crippen molar-refractivity contribution in [1.82, 2.24) is 25.5 Å². The van der Waals surface area contributed by atoms with Crippen LogP contribution in [0, 0.1) is 12.8 Å². The fourth-order valence-electron chi connectivity index (χ4n) is 7.14. The highest BCUT2D eigenvalue weighted by atomic mass is 16.5. The summed E-state index contributed by atoms with van der Waals surface area (Å²) in [5.41, 5.74) is 8.82. The highest BCUT2D eigenvalue weighted by Gasteiger charge is 2.36. The monoisotopic (exact) mass is 645 g/mol. The van der Waals surface area contributed by atoms with Gasteiger partial charge in [-0.25, -0.2) is 4.98 Å².